The smallest absolute Gasteiger partial charge is 0.334 e. The highest BCUT2D eigenvalue weighted by atomic mass is 16.5. The maximum atomic E-state index is 12.4. The Morgan fingerprint density at radius 1 is 1.45 bits per heavy atom. The Hall–Kier alpha value is -2.08. The van der Waals surface area contributed by atoms with Gasteiger partial charge in [0.1, 0.15) is 5.75 Å². The Labute approximate surface area is 129 Å². The Bertz CT molecular complexity index is 545. The molecule has 120 valence electrons. The van der Waals surface area contributed by atoms with Crippen LogP contribution in [0.25, 0.3) is 0 Å². The van der Waals surface area contributed by atoms with Gasteiger partial charge in [-0.05, 0) is 17.5 Å². The monoisotopic (exact) mass is 307 g/mol. The average Bonchev–Trinajstić information content (AvgIpc) is 2.54. The van der Waals surface area contributed by atoms with E-state index >= 15 is 0 Å². The second kappa shape index (κ2) is 7.26. The molecule has 6 heteroatoms. The highest BCUT2D eigenvalue weighted by Gasteiger charge is 2.29. The predicted octanol–water partition coefficient (Wildman–Crippen LogP) is 1.50. The highest BCUT2D eigenvalue weighted by molar-refractivity contribution is 5.79. The van der Waals surface area contributed by atoms with Crippen molar-refractivity contribution < 1.29 is 24.2 Å². The summed E-state index contributed by atoms with van der Waals surface area (Å²) in [6, 6.07) is 7.60. The van der Waals surface area contributed by atoms with Crippen molar-refractivity contribution in [2.75, 3.05) is 26.8 Å². The number of ether oxygens (including phenoxy) is 2. The van der Waals surface area contributed by atoms with Gasteiger partial charge >= 0.3 is 5.97 Å². The zero-order valence-electron chi connectivity index (χ0n) is 12.8. The maximum absolute atomic E-state index is 12.4. The number of amides is 1. The van der Waals surface area contributed by atoms with Gasteiger partial charge in [-0.1, -0.05) is 25.1 Å². The lowest BCUT2D eigenvalue weighted by Gasteiger charge is -2.31. The van der Waals surface area contributed by atoms with E-state index in [1.807, 2.05) is 31.2 Å². The van der Waals surface area contributed by atoms with Crippen LogP contribution in [0.1, 0.15) is 24.8 Å². The number of benzene rings is 1. The largest absolute Gasteiger partial charge is 0.496 e. The second-order valence-electron chi connectivity index (χ2n) is 5.38. The van der Waals surface area contributed by atoms with Crippen LogP contribution in [-0.2, 0) is 14.3 Å². The first kappa shape index (κ1) is 16.3. The van der Waals surface area contributed by atoms with Crippen molar-refractivity contribution in [2.24, 2.45) is 0 Å². The molecule has 1 aromatic rings. The molecule has 2 unspecified atom stereocenters. The number of aliphatic carboxylic acids is 1. The third kappa shape index (κ3) is 3.76. The molecular weight excluding hydrogens is 286 g/mol. The fourth-order valence-corrected chi connectivity index (χ4v) is 2.60. The molecule has 1 N–H and O–H groups in total. The van der Waals surface area contributed by atoms with Gasteiger partial charge in [0.2, 0.25) is 5.91 Å². The molecule has 0 bridgehead atoms. The number of nitrogens with zero attached hydrogens (tertiary/aromatic N) is 1. The SMILES string of the molecule is COc1ccccc1C(C)CC(=O)N1CCOC(C(=O)O)C1. The Kier molecular flexibility index (Phi) is 5.38. The van der Waals surface area contributed by atoms with Gasteiger partial charge < -0.3 is 19.5 Å². The van der Waals surface area contributed by atoms with Crippen LogP contribution in [0.2, 0.25) is 0 Å². The Morgan fingerprint density at radius 2 is 2.18 bits per heavy atom. The van der Waals surface area contributed by atoms with Crippen LogP contribution in [0.4, 0.5) is 0 Å². The minimum atomic E-state index is -1.03. The first-order valence-electron chi connectivity index (χ1n) is 7.28. The molecule has 1 amide bonds. The van der Waals surface area contributed by atoms with E-state index in [1.165, 1.54) is 0 Å². The molecule has 1 saturated heterocycles. The average molecular weight is 307 g/mol. The summed E-state index contributed by atoms with van der Waals surface area (Å²) in [6.07, 6.45) is -0.619. The van der Waals surface area contributed by atoms with Gasteiger partial charge in [0, 0.05) is 13.0 Å². The van der Waals surface area contributed by atoms with Crippen molar-refractivity contribution in [2.45, 2.75) is 25.4 Å². The van der Waals surface area contributed by atoms with E-state index in [1.54, 1.807) is 12.0 Å². The lowest BCUT2D eigenvalue weighted by molar-refractivity contribution is -0.159. The summed E-state index contributed by atoms with van der Waals surface area (Å²) in [6.45, 7) is 2.75. The number of rotatable bonds is 5. The van der Waals surface area contributed by atoms with E-state index in [0.717, 1.165) is 11.3 Å². The minimum Gasteiger partial charge on any atom is -0.496 e. The van der Waals surface area contributed by atoms with E-state index in [9.17, 15) is 9.59 Å². The third-order valence-corrected chi connectivity index (χ3v) is 3.85. The molecule has 1 aliphatic heterocycles. The fraction of sp³-hybridized carbons (Fsp3) is 0.500. The summed E-state index contributed by atoms with van der Waals surface area (Å²) < 4.78 is 10.5. The summed E-state index contributed by atoms with van der Waals surface area (Å²) >= 11 is 0. The van der Waals surface area contributed by atoms with Crippen LogP contribution in [0.3, 0.4) is 0 Å². The second-order valence-corrected chi connectivity index (χ2v) is 5.38. The minimum absolute atomic E-state index is 0.00484. The van der Waals surface area contributed by atoms with E-state index in [-0.39, 0.29) is 25.0 Å². The van der Waals surface area contributed by atoms with Crippen molar-refractivity contribution >= 4 is 11.9 Å². The first-order chi connectivity index (χ1) is 10.5. The molecule has 2 rings (SSSR count). The summed E-state index contributed by atoms with van der Waals surface area (Å²) in [5.41, 5.74) is 0.974. The van der Waals surface area contributed by atoms with Gasteiger partial charge in [-0.25, -0.2) is 4.79 Å². The van der Waals surface area contributed by atoms with Crippen molar-refractivity contribution in [1.82, 2.24) is 4.90 Å². The van der Waals surface area contributed by atoms with Crippen LogP contribution in [0.5, 0.6) is 5.75 Å². The van der Waals surface area contributed by atoms with Crippen LogP contribution in [0.15, 0.2) is 24.3 Å². The van der Waals surface area contributed by atoms with E-state index in [0.29, 0.717) is 13.0 Å². The van der Waals surface area contributed by atoms with Crippen molar-refractivity contribution in [3.05, 3.63) is 29.8 Å². The number of carboxylic acids is 1. The van der Waals surface area contributed by atoms with Gasteiger partial charge in [-0.15, -0.1) is 0 Å². The van der Waals surface area contributed by atoms with Crippen molar-refractivity contribution in [3.8, 4) is 5.75 Å². The molecule has 1 aromatic carbocycles. The number of hydrogen-bond acceptors (Lipinski definition) is 4. The zero-order valence-corrected chi connectivity index (χ0v) is 12.8. The number of para-hydroxylation sites is 1. The maximum Gasteiger partial charge on any atom is 0.334 e. The van der Waals surface area contributed by atoms with Crippen molar-refractivity contribution in [1.29, 1.82) is 0 Å². The molecule has 1 aliphatic rings. The molecule has 0 aliphatic carbocycles. The molecule has 22 heavy (non-hydrogen) atoms. The summed E-state index contributed by atoms with van der Waals surface area (Å²) in [7, 11) is 1.60. The van der Waals surface area contributed by atoms with Gasteiger partial charge in [-0.3, -0.25) is 4.79 Å². The number of carboxylic acid groups (broad SMARTS) is 1. The topological polar surface area (TPSA) is 76.1 Å². The molecule has 0 saturated carbocycles. The number of carbonyl (C=O) groups excluding carboxylic acids is 1. The molecule has 0 radical (unpaired) electrons. The van der Waals surface area contributed by atoms with Gasteiger partial charge in [0.05, 0.1) is 20.3 Å². The van der Waals surface area contributed by atoms with E-state index in [2.05, 4.69) is 0 Å². The predicted molar refractivity (Wildman–Crippen MR) is 80.0 cm³/mol. The molecule has 1 heterocycles. The quantitative estimate of drug-likeness (QED) is 0.892. The number of methoxy groups -OCH3 is 1. The van der Waals surface area contributed by atoms with Crippen LogP contribution >= 0.6 is 0 Å². The van der Waals surface area contributed by atoms with Crippen LogP contribution < -0.4 is 4.74 Å². The summed E-state index contributed by atoms with van der Waals surface area (Å²) in [4.78, 5) is 24.9. The summed E-state index contributed by atoms with van der Waals surface area (Å²) in [5, 5.41) is 8.99. The van der Waals surface area contributed by atoms with Crippen LogP contribution in [0, 0.1) is 0 Å². The first-order valence-corrected chi connectivity index (χ1v) is 7.28. The van der Waals surface area contributed by atoms with Crippen molar-refractivity contribution in [3.63, 3.8) is 0 Å². The Morgan fingerprint density at radius 3 is 2.86 bits per heavy atom. The molecule has 0 aromatic heterocycles. The molecule has 1 fully saturated rings. The normalized spacial score (nSPS) is 19.5. The number of carbonyl (C=O) groups is 2. The van der Waals surface area contributed by atoms with Gasteiger partial charge in [0.25, 0.3) is 0 Å². The zero-order chi connectivity index (χ0) is 16.1. The summed E-state index contributed by atoms with van der Waals surface area (Å²) in [5.74, 6) is -0.341. The van der Waals surface area contributed by atoms with Crippen LogP contribution in [-0.4, -0.2) is 54.8 Å². The molecule has 2 atom stereocenters. The molecule has 6 nitrogen and oxygen atoms in total. The third-order valence-electron chi connectivity index (χ3n) is 3.85. The van der Waals surface area contributed by atoms with Gasteiger partial charge in [0.15, 0.2) is 6.10 Å². The highest BCUT2D eigenvalue weighted by Crippen LogP contribution is 2.29. The standard InChI is InChI=1S/C16H21NO5/c1-11(12-5-3-4-6-13(12)21-2)9-15(18)17-7-8-22-14(10-17)16(19)20/h3-6,11,14H,7-10H2,1-2H3,(H,19,20). The number of hydrogen-bond donors (Lipinski definition) is 1. The van der Waals surface area contributed by atoms with Gasteiger partial charge in [-0.2, -0.15) is 0 Å². The Balaban J connectivity index is 2.00. The molecular formula is C16H21NO5. The lowest BCUT2D eigenvalue weighted by Crippen LogP contribution is -2.48. The fourth-order valence-electron chi connectivity index (χ4n) is 2.60. The molecule has 0 spiro atoms. The van der Waals surface area contributed by atoms with E-state index < -0.39 is 12.1 Å². The number of morpholine rings is 1. The van der Waals surface area contributed by atoms with E-state index in [4.69, 9.17) is 14.6 Å². The lowest BCUT2D eigenvalue weighted by atomic mass is 9.96.